The Morgan fingerprint density at radius 1 is 1.16 bits per heavy atom. The molecule has 1 aromatic carbocycles. The monoisotopic (exact) mass is 462 g/mol. The van der Waals surface area contributed by atoms with Crippen LogP contribution in [0.15, 0.2) is 29.2 Å². The third-order valence-electron chi connectivity index (χ3n) is 7.92. The van der Waals surface area contributed by atoms with E-state index in [-0.39, 0.29) is 28.9 Å². The molecule has 2 amide bonds. The first kappa shape index (κ1) is 23.0. The topological polar surface area (TPSA) is 136 Å². The number of hydrogen-bond acceptors (Lipinski definition) is 5. The summed E-state index contributed by atoms with van der Waals surface area (Å²) in [6, 6.07) is 6.27. The molecule has 0 aliphatic heterocycles. The maximum Gasteiger partial charge on any atom is 0.246 e. The molecule has 4 aliphatic rings. The van der Waals surface area contributed by atoms with Gasteiger partial charge in [0.15, 0.2) is 0 Å². The molecule has 4 aliphatic carbocycles. The number of carbonyl (C=O) groups is 2. The van der Waals surface area contributed by atoms with Crippen molar-refractivity contribution < 1.29 is 18.0 Å². The molecular weight excluding hydrogens is 428 g/mol. The number of sulfonamides is 1. The number of carbonyl (C=O) groups excluding carboxylic acids is 2. The molecule has 4 bridgehead atoms. The SMILES string of the molecule is CCN(C(C)(C)C(=O)NC12CC3CC(C1)CC(C(N)=O)(C3)C2)S(=O)(=O)c1ccccc1N. The molecular formula is C23H34N4O4S. The molecule has 0 aromatic heterocycles. The van der Waals surface area contributed by atoms with E-state index in [0.717, 1.165) is 32.1 Å². The number of primary amides is 1. The second kappa shape index (κ2) is 7.45. The largest absolute Gasteiger partial charge is 0.398 e. The summed E-state index contributed by atoms with van der Waals surface area (Å²) in [6.07, 6.45) is 4.81. The van der Waals surface area contributed by atoms with Crippen molar-refractivity contribution in [3.8, 4) is 0 Å². The fourth-order valence-electron chi connectivity index (χ4n) is 6.90. The van der Waals surface area contributed by atoms with Gasteiger partial charge in [0.2, 0.25) is 21.8 Å². The molecule has 4 fully saturated rings. The van der Waals surface area contributed by atoms with E-state index in [1.807, 2.05) is 0 Å². The van der Waals surface area contributed by atoms with Gasteiger partial charge in [-0.15, -0.1) is 0 Å². The Morgan fingerprint density at radius 3 is 2.28 bits per heavy atom. The third-order valence-corrected chi connectivity index (χ3v) is 10.1. The van der Waals surface area contributed by atoms with Crippen molar-refractivity contribution in [2.24, 2.45) is 23.0 Å². The van der Waals surface area contributed by atoms with E-state index >= 15 is 0 Å². The Morgan fingerprint density at radius 2 is 1.75 bits per heavy atom. The van der Waals surface area contributed by atoms with Crippen LogP contribution in [0.2, 0.25) is 0 Å². The predicted octanol–water partition coefficient (Wildman–Crippen LogP) is 2.00. The van der Waals surface area contributed by atoms with Gasteiger partial charge < -0.3 is 16.8 Å². The highest BCUT2D eigenvalue weighted by molar-refractivity contribution is 7.89. The van der Waals surface area contributed by atoms with Crippen LogP contribution in [-0.2, 0) is 19.6 Å². The summed E-state index contributed by atoms with van der Waals surface area (Å²) < 4.78 is 28.1. The summed E-state index contributed by atoms with van der Waals surface area (Å²) in [6.45, 7) is 5.05. The fourth-order valence-corrected chi connectivity index (χ4v) is 8.78. The van der Waals surface area contributed by atoms with Crippen LogP contribution in [0.3, 0.4) is 0 Å². The summed E-state index contributed by atoms with van der Waals surface area (Å²) in [7, 11) is -4.00. The molecule has 4 saturated carbocycles. The highest BCUT2D eigenvalue weighted by atomic mass is 32.2. The van der Waals surface area contributed by atoms with Crippen molar-refractivity contribution in [1.29, 1.82) is 0 Å². The molecule has 5 rings (SSSR count). The van der Waals surface area contributed by atoms with Crippen LogP contribution in [0.5, 0.6) is 0 Å². The summed E-state index contributed by atoms with van der Waals surface area (Å²) in [5, 5.41) is 3.21. The Kier molecular flexibility index (Phi) is 5.36. The Bertz CT molecular complexity index is 1040. The van der Waals surface area contributed by atoms with Crippen molar-refractivity contribution in [2.45, 2.75) is 75.3 Å². The number of anilines is 1. The Balaban J connectivity index is 1.62. The van der Waals surface area contributed by atoms with Crippen LogP contribution in [0.4, 0.5) is 5.69 Å². The molecule has 0 radical (unpaired) electrons. The van der Waals surface area contributed by atoms with Crippen molar-refractivity contribution in [3.05, 3.63) is 24.3 Å². The molecule has 0 spiro atoms. The lowest BCUT2D eigenvalue weighted by Gasteiger charge is -2.61. The molecule has 176 valence electrons. The zero-order valence-corrected chi connectivity index (χ0v) is 19.9. The minimum Gasteiger partial charge on any atom is -0.398 e. The number of nitrogen functional groups attached to an aromatic ring is 1. The zero-order chi connectivity index (χ0) is 23.5. The molecule has 2 atom stereocenters. The Hall–Kier alpha value is -2.13. The number of para-hydroxylation sites is 1. The van der Waals surface area contributed by atoms with Crippen molar-refractivity contribution >= 4 is 27.5 Å². The maximum absolute atomic E-state index is 13.6. The van der Waals surface area contributed by atoms with Gasteiger partial charge in [0, 0.05) is 12.1 Å². The lowest BCUT2D eigenvalue weighted by atomic mass is 9.46. The van der Waals surface area contributed by atoms with Gasteiger partial charge in [0.05, 0.1) is 11.1 Å². The van der Waals surface area contributed by atoms with Gasteiger partial charge in [-0.1, -0.05) is 19.1 Å². The van der Waals surface area contributed by atoms with Crippen LogP contribution in [0, 0.1) is 17.3 Å². The van der Waals surface area contributed by atoms with E-state index in [4.69, 9.17) is 11.5 Å². The molecule has 8 nitrogen and oxygen atoms in total. The van der Waals surface area contributed by atoms with Crippen LogP contribution < -0.4 is 16.8 Å². The number of hydrogen-bond donors (Lipinski definition) is 3. The number of nitrogens with zero attached hydrogens (tertiary/aromatic N) is 1. The van der Waals surface area contributed by atoms with E-state index in [9.17, 15) is 18.0 Å². The molecule has 0 heterocycles. The minimum atomic E-state index is -4.00. The molecule has 0 saturated heterocycles. The van der Waals surface area contributed by atoms with E-state index in [1.165, 1.54) is 16.4 Å². The van der Waals surface area contributed by atoms with E-state index in [2.05, 4.69) is 5.32 Å². The number of nitrogens with one attached hydrogen (secondary N) is 1. The number of likely N-dealkylation sites (N-methyl/N-ethyl adjacent to an activating group) is 1. The van der Waals surface area contributed by atoms with Gasteiger partial charge >= 0.3 is 0 Å². The van der Waals surface area contributed by atoms with E-state index < -0.39 is 26.5 Å². The summed E-state index contributed by atoms with van der Waals surface area (Å²) >= 11 is 0. The van der Waals surface area contributed by atoms with Crippen molar-refractivity contribution in [2.75, 3.05) is 12.3 Å². The van der Waals surface area contributed by atoms with E-state index in [1.54, 1.807) is 32.9 Å². The summed E-state index contributed by atoms with van der Waals surface area (Å²) in [5.41, 5.74) is 9.49. The average molecular weight is 463 g/mol. The normalized spacial score (nSPS) is 31.6. The Labute approximate surface area is 190 Å². The first-order valence-corrected chi connectivity index (χ1v) is 12.8. The van der Waals surface area contributed by atoms with Gasteiger partial charge in [-0.2, -0.15) is 4.31 Å². The standard InChI is InChI=1S/C23H34N4O4S/c1-4-27(32(30,31)18-8-6-5-7-17(18)24)21(2,3)20(29)26-23-12-15-9-16(13-23)11-22(10-15,14-23)19(25)28/h5-8,15-16H,4,9-14,24H2,1-3H3,(H2,25,28)(H,26,29). The summed E-state index contributed by atoms with van der Waals surface area (Å²) in [4.78, 5) is 26.0. The highest BCUT2D eigenvalue weighted by Crippen LogP contribution is 2.61. The second-order valence-corrected chi connectivity index (χ2v) is 12.4. The number of nitrogens with two attached hydrogens (primary N) is 2. The van der Waals surface area contributed by atoms with Crippen molar-refractivity contribution in [3.63, 3.8) is 0 Å². The number of benzene rings is 1. The third kappa shape index (κ3) is 3.50. The van der Waals surface area contributed by atoms with Crippen LogP contribution in [0.1, 0.15) is 59.3 Å². The first-order chi connectivity index (χ1) is 14.9. The lowest BCUT2D eigenvalue weighted by molar-refractivity contribution is -0.152. The predicted molar refractivity (Wildman–Crippen MR) is 122 cm³/mol. The quantitative estimate of drug-likeness (QED) is 0.533. The van der Waals surface area contributed by atoms with Gasteiger partial charge in [0.25, 0.3) is 0 Å². The van der Waals surface area contributed by atoms with Crippen LogP contribution in [-0.4, -0.2) is 42.2 Å². The minimum absolute atomic E-state index is 0.00906. The smallest absolute Gasteiger partial charge is 0.246 e. The molecule has 2 unspecified atom stereocenters. The highest BCUT2D eigenvalue weighted by Gasteiger charge is 2.61. The number of rotatable bonds is 7. The van der Waals surface area contributed by atoms with Crippen LogP contribution in [0.25, 0.3) is 0 Å². The summed E-state index contributed by atoms with van der Waals surface area (Å²) in [5.74, 6) is 0.0883. The molecule has 9 heteroatoms. The van der Waals surface area contributed by atoms with Gasteiger partial charge in [-0.3, -0.25) is 9.59 Å². The molecule has 32 heavy (non-hydrogen) atoms. The van der Waals surface area contributed by atoms with E-state index in [0.29, 0.717) is 18.3 Å². The van der Waals surface area contributed by atoms with Crippen LogP contribution >= 0.6 is 0 Å². The lowest BCUT2D eigenvalue weighted by Crippen LogP contribution is -2.68. The zero-order valence-electron chi connectivity index (χ0n) is 19.1. The van der Waals surface area contributed by atoms with Gasteiger partial charge in [0.1, 0.15) is 10.4 Å². The molecule has 5 N–H and O–H groups in total. The van der Waals surface area contributed by atoms with Gasteiger partial charge in [-0.25, -0.2) is 8.42 Å². The van der Waals surface area contributed by atoms with Crippen molar-refractivity contribution in [1.82, 2.24) is 9.62 Å². The van der Waals surface area contributed by atoms with Gasteiger partial charge in [-0.05, 0) is 76.3 Å². The number of amides is 2. The fraction of sp³-hybridized carbons (Fsp3) is 0.652. The molecule has 1 aromatic rings. The maximum atomic E-state index is 13.6. The first-order valence-electron chi connectivity index (χ1n) is 11.4. The second-order valence-electron chi connectivity index (χ2n) is 10.6. The average Bonchev–Trinajstić information content (AvgIpc) is 2.66.